The summed E-state index contributed by atoms with van der Waals surface area (Å²) in [6, 6.07) is 1.32. The van der Waals surface area contributed by atoms with Gasteiger partial charge in [-0.25, -0.2) is 9.37 Å². The molecule has 0 aliphatic heterocycles. The summed E-state index contributed by atoms with van der Waals surface area (Å²) in [5.74, 6) is -1.92. The van der Waals surface area contributed by atoms with Gasteiger partial charge in [-0.15, -0.1) is 0 Å². The van der Waals surface area contributed by atoms with E-state index in [-0.39, 0.29) is 23.8 Å². The lowest BCUT2D eigenvalue weighted by Crippen LogP contribution is -2.02. The van der Waals surface area contributed by atoms with Gasteiger partial charge in [0.1, 0.15) is 5.82 Å². The fourth-order valence-electron chi connectivity index (χ4n) is 1.56. The number of hydrogen-bond acceptors (Lipinski definition) is 5. The average molecular weight is 269 g/mol. The molecule has 0 saturated carbocycles. The molecule has 0 radical (unpaired) electrons. The van der Waals surface area contributed by atoms with Gasteiger partial charge in [-0.3, -0.25) is 10.1 Å². The normalized spacial score (nSPS) is 10.7. The lowest BCUT2D eigenvalue weighted by molar-refractivity contribution is -0.387. The first-order valence-corrected chi connectivity index (χ1v) is 5.31. The highest BCUT2D eigenvalue weighted by Gasteiger charge is 2.23. The van der Waals surface area contributed by atoms with Gasteiger partial charge in [0.25, 0.3) is 0 Å². The van der Waals surface area contributed by atoms with Crippen molar-refractivity contribution in [2.45, 2.75) is 6.42 Å². The summed E-state index contributed by atoms with van der Waals surface area (Å²) in [5.41, 5.74) is 4.01. The molecule has 0 aliphatic carbocycles. The van der Waals surface area contributed by atoms with E-state index < -0.39 is 22.2 Å². The lowest BCUT2D eigenvalue weighted by atomic mass is 10.1. The number of nitrogens with zero attached hydrogens (tertiary/aromatic N) is 2. The quantitative estimate of drug-likeness (QED) is 0.676. The monoisotopic (exact) mass is 269 g/mol. The van der Waals surface area contributed by atoms with Crippen molar-refractivity contribution in [1.29, 1.82) is 0 Å². The van der Waals surface area contributed by atoms with E-state index in [0.717, 1.165) is 6.07 Å². The van der Waals surface area contributed by atoms with E-state index in [2.05, 4.69) is 4.98 Å². The van der Waals surface area contributed by atoms with Gasteiger partial charge in [0, 0.05) is 13.0 Å². The molecule has 0 atom stereocenters. The van der Waals surface area contributed by atoms with Crippen LogP contribution in [0.25, 0.3) is 11.3 Å². The van der Waals surface area contributed by atoms with Gasteiger partial charge in [-0.05, 0) is 6.07 Å². The fraction of sp³-hybridized carbons (Fsp3) is 0.182. The number of halogens is 2. The Balaban J connectivity index is 2.51. The first-order chi connectivity index (χ1) is 9.02. The summed E-state index contributed by atoms with van der Waals surface area (Å²) in [6.45, 7) is 0.283. The minimum Gasteiger partial charge on any atom is -0.441 e. The van der Waals surface area contributed by atoms with Crippen molar-refractivity contribution in [3.05, 3.63) is 46.0 Å². The van der Waals surface area contributed by atoms with Crippen molar-refractivity contribution < 1.29 is 18.1 Å². The molecule has 2 rings (SSSR count). The van der Waals surface area contributed by atoms with E-state index in [9.17, 15) is 18.9 Å². The Morgan fingerprint density at radius 1 is 1.42 bits per heavy atom. The van der Waals surface area contributed by atoms with E-state index in [0.29, 0.717) is 12.5 Å². The maximum atomic E-state index is 13.9. The molecule has 1 aromatic heterocycles. The van der Waals surface area contributed by atoms with E-state index in [4.69, 9.17) is 10.2 Å². The van der Waals surface area contributed by atoms with Crippen LogP contribution < -0.4 is 5.73 Å². The third kappa shape index (κ3) is 2.58. The van der Waals surface area contributed by atoms with Crippen LogP contribution in [0.5, 0.6) is 0 Å². The van der Waals surface area contributed by atoms with Gasteiger partial charge >= 0.3 is 5.69 Å². The average Bonchev–Trinajstić information content (AvgIpc) is 2.80. The van der Waals surface area contributed by atoms with Crippen molar-refractivity contribution in [2.75, 3.05) is 6.54 Å². The summed E-state index contributed by atoms with van der Waals surface area (Å²) >= 11 is 0. The summed E-state index contributed by atoms with van der Waals surface area (Å²) in [5, 5.41) is 10.6. The maximum Gasteiger partial charge on any atom is 0.308 e. The molecule has 6 nitrogen and oxygen atoms in total. The van der Waals surface area contributed by atoms with E-state index >= 15 is 0 Å². The van der Waals surface area contributed by atoms with Crippen LogP contribution in [0.1, 0.15) is 5.89 Å². The van der Waals surface area contributed by atoms with Crippen LogP contribution in [0.3, 0.4) is 0 Å². The molecule has 0 bridgehead atoms. The molecule has 2 N–H and O–H groups in total. The van der Waals surface area contributed by atoms with Crippen LogP contribution in [-0.2, 0) is 6.42 Å². The molecule has 0 fully saturated rings. The third-order valence-corrected chi connectivity index (χ3v) is 2.39. The van der Waals surface area contributed by atoms with Gasteiger partial charge < -0.3 is 10.2 Å². The molecule has 0 unspecified atom stereocenters. The Bertz CT molecular complexity index is 628. The molecule has 0 saturated heterocycles. The smallest absolute Gasteiger partial charge is 0.308 e. The topological polar surface area (TPSA) is 95.2 Å². The van der Waals surface area contributed by atoms with Gasteiger partial charge in [-0.1, -0.05) is 0 Å². The van der Waals surface area contributed by atoms with Crippen molar-refractivity contribution in [3.8, 4) is 11.3 Å². The summed E-state index contributed by atoms with van der Waals surface area (Å²) < 4.78 is 32.3. The SMILES string of the molecule is NCCc1ncc(-c2cc(F)cc([N+](=O)[O-])c2F)o1. The van der Waals surface area contributed by atoms with Crippen molar-refractivity contribution >= 4 is 5.69 Å². The Morgan fingerprint density at radius 3 is 2.79 bits per heavy atom. The number of benzene rings is 1. The van der Waals surface area contributed by atoms with Crippen LogP contribution >= 0.6 is 0 Å². The highest BCUT2D eigenvalue weighted by Crippen LogP contribution is 2.30. The highest BCUT2D eigenvalue weighted by atomic mass is 19.1. The molecule has 0 aliphatic rings. The second-order valence-electron chi connectivity index (χ2n) is 3.70. The molecule has 0 amide bonds. The van der Waals surface area contributed by atoms with Crippen LogP contribution in [-0.4, -0.2) is 16.5 Å². The van der Waals surface area contributed by atoms with Crippen molar-refractivity contribution in [1.82, 2.24) is 4.98 Å². The fourth-order valence-corrected chi connectivity index (χ4v) is 1.56. The molecule has 1 heterocycles. The highest BCUT2D eigenvalue weighted by molar-refractivity contribution is 5.62. The second kappa shape index (κ2) is 5.11. The Labute approximate surface area is 106 Å². The molecule has 2 aromatic rings. The Kier molecular flexibility index (Phi) is 3.52. The zero-order valence-electron chi connectivity index (χ0n) is 9.60. The van der Waals surface area contributed by atoms with Gasteiger partial charge in [-0.2, -0.15) is 4.39 Å². The minimum absolute atomic E-state index is 0.0800. The number of oxazole rings is 1. The zero-order chi connectivity index (χ0) is 14.0. The number of nitrogens with two attached hydrogens (primary N) is 1. The maximum absolute atomic E-state index is 13.9. The van der Waals surface area contributed by atoms with E-state index in [1.165, 1.54) is 6.20 Å². The number of aromatic nitrogens is 1. The molecule has 19 heavy (non-hydrogen) atoms. The van der Waals surface area contributed by atoms with Crippen LogP contribution in [0.15, 0.2) is 22.7 Å². The molecular formula is C11H9F2N3O3. The Morgan fingerprint density at radius 2 is 2.16 bits per heavy atom. The van der Waals surface area contributed by atoms with Gasteiger partial charge in [0.05, 0.1) is 22.7 Å². The Hall–Kier alpha value is -2.35. The first-order valence-electron chi connectivity index (χ1n) is 5.31. The first kappa shape index (κ1) is 13.1. The summed E-state index contributed by atoms with van der Waals surface area (Å²) in [4.78, 5) is 13.4. The predicted octanol–water partition coefficient (Wildman–Crippen LogP) is 2.03. The van der Waals surface area contributed by atoms with Crippen LogP contribution in [0.2, 0.25) is 0 Å². The molecule has 8 heteroatoms. The summed E-state index contributed by atoms with van der Waals surface area (Å²) in [6.07, 6.45) is 1.51. The van der Waals surface area contributed by atoms with E-state index in [1.54, 1.807) is 0 Å². The lowest BCUT2D eigenvalue weighted by Gasteiger charge is -2.01. The number of hydrogen-bond donors (Lipinski definition) is 1. The predicted molar refractivity (Wildman–Crippen MR) is 61.3 cm³/mol. The van der Waals surface area contributed by atoms with Crippen molar-refractivity contribution in [3.63, 3.8) is 0 Å². The number of nitro groups is 1. The zero-order valence-corrected chi connectivity index (χ0v) is 9.60. The molecule has 1 aromatic carbocycles. The minimum atomic E-state index is -1.16. The molecule has 0 spiro atoms. The molecular weight excluding hydrogens is 260 g/mol. The van der Waals surface area contributed by atoms with E-state index in [1.807, 2.05) is 0 Å². The standard InChI is InChI=1S/C11H9F2N3O3/c12-6-3-7(11(13)8(4-6)16(17)18)9-5-15-10(19-9)1-2-14/h3-5H,1-2,14H2. The van der Waals surface area contributed by atoms with Crippen LogP contribution in [0, 0.1) is 21.7 Å². The van der Waals surface area contributed by atoms with Crippen LogP contribution in [0.4, 0.5) is 14.5 Å². The van der Waals surface area contributed by atoms with Gasteiger partial charge in [0.2, 0.25) is 5.82 Å². The number of nitro benzene ring substituents is 1. The third-order valence-electron chi connectivity index (χ3n) is 2.39. The van der Waals surface area contributed by atoms with Crippen molar-refractivity contribution in [2.24, 2.45) is 5.73 Å². The molecule has 100 valence electrons. The summed E-state index contributed by atoms with van der Waals surface area (Å²) in [7, 11) is 0. The largest absolute Gasteiger partial charge is 0.441 e. The second-order valence-corrected chi connectivity index (χ2v) is 3.70. The van der Waals surface area contributed by atoms with Gasteiger partial charge in [0.15, 0.2) is 11.7 Å². The number of rotatable bonds is 4.